The number of rotatable bonds is 2. The number of nitrogens with one attached hydrogen (secondary N) is 2. The van der Waals surface area contributed by atoms with E-state index in [9.17, 15) is 8.42 Å². The van der Waals surface area contributed by atoms with Gasteiger partial charge in [-0.3, -0.25) is 8.42 Å². The molecule has 10 nitrogen and oxygen atoms in total. The van der Waals surface area contributed by atoms with Gasteiger partial charge >= 0.3 is 0 Å². The molecule has 5 aromatic rings. The number of hydrogen-bond donors (Lipinski definition) is 2. The molecule has 0 saturated heterocycles. The molecule has 0 atom stereocenters. The molecule has 5 rings (SSSR count). The second-order valence-corrected chi connectivity index (χ2v) is 10.6. The summed E-state index contributed by atoms with van der Waals surface area (Å²) in [4.78, 5) is 9.71. The molecule has 2 N–H and O–H groups in total. The van der Waals surface area contributed by atoms with Gasteiger partial charge in [0.05, 0.1) is 11.0 Å². The van der Waals surface area contributed by atoms with Gasteiger partial charge in [0.2, 0.25) is 0 Å². The molecule has 178 valence electrons. The molecule has 34 heavy (non-hydrogen) atoms. The highest BCUT2D eigenvalue weighted by molar-refractivity contribution is 7.83. The van der Waals surface area contributed by atoms with Crippen LogP contribution in [-0.4, -0.2) is 63.8 Å². The first-order valence-electron chi connectivity index (χ1n) is 9.46. The van der Waals surface area contributed by atoms with E-state index in [4.69, 9.17) is 33.3 Å². The normalized spacial score (nSPS) is 10.8. The van der Waals surface area contributed by atoms with E-state index in [0.29, 0.717) is 34.2 Å². The quantitative estimate of drug-likeness (QED) is 0.249. The molecule has 4 heterocycles. The van der Waals surface area contributed by atoms with Crippen molar-refractivity contribution >= 4 is 67.8 Å². The molecule has 14 heteroatoms. The maximum atomic E-state index is 9.56. The lowest BCUT2D eigenvalue weighted by Crippen LogP contribution is -1.91. The first kappa shape index (κ1) is 25.7. The van der Waals surface area contributed by atoms with E-state index >= 15 is 0 Å². The Hall–Kier alpha value is -2.94. The minimum Gasteiger partial charge on any atom is -0.408 e. The van der Waals surface area contributed by atoms with Crippen LogP contribution in [0, 0.1) is 9.67 Å². The smallest absolute Gasteiger partial charge is 0.284 e. The number of hydrogen-bond acceptors (Lipinski definition) is 10. The van der Waals surface area contributed by atoms with Crippen molar-refractivity contribution in [3.05, 3.63) is 46.1 Å². The third-order valence-corrected chi connectivity index (χ3v) is 4.18. The van der Waals surface area contributed by atoms with E-state index in [1.807, 2.05) is 36.4 Å². The molecule has 0 aliphatic rings. The number of benzene rings is 1. The monoisotopic (exact) mass is 536 g/mol. The van der Waals surface area contributed by atoms with Crippen LogP contribution in [0.3, 0.4) is 0 Å². The molecule has 1 aromatic carbocycles. The maximum absolute atomic E-state index is 9.56. The zero-order valence-corrected chi connectivity index (χ0v) is 21.8. The Morgan fingerprint density at radius 3 is 1.29 bits per heavy atom. The summed E-state index contributed by atoms with van der Waals surface area (Å²) < 4.78 is 29.8. The fourth-order valence-electron chi connectivity index (χ4n) is 2.68. The average Bonchev–Trinajstić information content (AvgIpc) is 3.40. The number of pyridine rings is 2. The fraction of sp³-hybridized carbons (Fsp3) is 0.200. The van der Waals surface area contributed by atoms with Crippen molar-refractivity contribution in [2.45, 2.75) is 0 Å². The first-order valence-corrected chi connectivity index (χ1v) is 14.2. The van der Waals surface area contributed by atoms with Gasteiger partial charge in [0.1, 0.15) is 11.4 Å². The number of nitrogens with zero attached hydrogens (tertiary/aromatic N) is 4. The van der Waals surface area contributed by atoms with Crippen molar-refractivity contribution in [1.82, 2.24) is 30.4 Å². The van der Waals surface area contributed by atoms with Crippen LogP contribution in [-0.2, 0) is 21.6 Å². The molecular formula is C20H20N6O4S4. The number of aromatic nitrogens is 6. The molecule has 4 aromatic heterocycles. The zero-order chi connectivity index (χ0) is 24.8. The zero-order valence-electron chi connectivity index (χ0n) is 18.5. The summed E-state index contributed by atoms with van der Waals surface area (Å²) >= 11 is 9.85. The van der Waals surface area contributed by atoms with Gasteiger partial charge in [0.25, 0.3) is 21.5 Å². The molecule has 0 aliphatic carbocycles. The summed E-state index contributed by atoms with van der Waals surface area (Å²) in [6.45, 7) is 0. The Bertz CT molecular complexity index is 1480. The van der Waals surface area contributed by atoms with Crippen LogP contribution in [0.15, 0.2) is 45.2 Å². The van der Waals surface area contributed by atoms with Crippen LogP contribution in [0.1, 0.15) is 0 Å². The summed E-state index contributed by atoms with van der Waals surface area (Å²) in [5.74, 6) is 0.645. The molecule has 0 spiro atoms. The second kappa shape index (κ2) is 11.5. The lowest BCUT2D eigenvalue weighted by molar-refractivity contribution is 0.549. The Labute approximate surface area is 209 Å². The number of aromatic amines is 2. The van der Waals surface area contributed by atoms with Crippen LogP contribution in [0.25, 0.3) is 45.0 Å². The first-order chi connectivity index (χ1) is 16.1. The highest BCUT2D eigenvalue weighted by atomic mass is 32.2. The Kier molecular flexibility index (Phi) is 8.66. The highest BCUT2D eigenvalue weighted by Crippen LogP contribution is 2.27. The van der Waals surface area contributed by atoms with E-state index < -0.39 is 21.6 Å². The maximum Gasteiger partial charge on any atom is 0.284 e. The van der Waals surface area contributed by atoms with Crippen molar-refractivity contribution in [2.24, 2.45) is 0 Å². The van der Waals surface area contributed by atoms with Crippen LogP contribution in [0.5, 0.6) is 0 Å². The van der Waals surface area contributed by atoms with Gasteiger partial charge in [-0.1, -0.05) is 24.3 Å². The topological polar surface area (TPSA) is 144 Å². The minimum atomic E-state index is -0.611. The molecule has 0 fully saturated rings. The van der Waals surface area contributed by atoms with Gasteiger partial charge in [0, 0.05) is 57.4 Å². The lowest BCUT2D eigenvalue weighted by Gasteiger charge is -2.05. The largest absolute Gasteiger partial charge is 0.408 e. The van der Waals surface area contributed by atoms with Gasteiger partial charge in [0.15, 0.2) is 0 Å². The lowest BCUT2D eigenvalue weighted by atomic mass is 10.1. The Morgan fingerprint density at radius 2 is 1.00 bits per heavy atom. The summed E-state index contributed by atoms with van der Waals surface area (Å²) in [6, 6.07) is 11.5. The van der Waals surface area contributed by atoms with Crippen LogP contribution >= 0.6 is 24.4 Å². The van der Waals surface area contributed by atoms with Crippen molar-refractivity contribution in [2.75, 3.05) is 25.0 Å². The van der Waals surface area contributed by atoms with Crippen molar-refractivity contribution in [1.29, 1.82) is 0 Å². The van der Waals surface area contributed by atoms with Crippen LogP contribution in [0.4, 0.5) is 0 Å². The third-order valence-electron chi connectivity index (χ3n) is 3.83. The molecule has 0 saturated carbocycles. The predicted octanol–water partition coefficient (Wildman–Crippen LogP) is 4.20. The van der Waals surface area contributed by atoms with Crippen LogP contribution in [0.2, 0.25) is 0 Å². The van der Waals surface area contributed by atoms with Crippen molar-refractivity contribution in [3.63, 3.8) is 0 Å². The molecule has 0 amide bonds. The van der Waals surface area contributed by atoms with E-state index in [1.54, 1.807) is 25.0 Å². The van der Waals surface area contributed by atoms with Crippen molar-refractivity contribution < 1.29 is 17.3 Å². The van der Waals surface area contributed by atoms with Gasteiger partial charge < -0.3 is 8.83 Å². The van der Waals surface area contributed by atoms with Crippen molar-refractivity contribution in [3.8, 4) is 23.2 Å². The Morgan fingerprint density at radius 1 is 0.676 bits per heavy atom. The average molecular weight is 537 g/mol. The number of H-pyrrole nitrogens is 2. The predicted molar refractivity (Wildman–Crippen MR) is 138 cm³/mol. The van der Waals surface area contributed by atoms with E-state index in [1.165, 1.54) is 0 Å². The summed E-state index contributed by atoms with van der Waals surface area (Å²) in [5.41, 5.74) is 2.53. The molecular weight excluding hydrogens is 517 g/mol. The summed E-state index contributed by atoms with van der Waals surface area (Å²) in [5, 5.41) is 15.1. The van der Waals surface area contributed by atoms with Gasteiger partial charge in [-0.25, -0.2) is 20.2 Å². The fourth-order valence-corrected chi connectivity index (χ4v) is 2.93. The molecule has 0 aliphatic heterocycles. The molecule has 0 unspecified atom stereocenters. The minimum absolute atomic E-state index is 0.195. The summed E-state index contributed by atoms with van der Waals surface area (Å²) in [6.07, 6.45) is 6.56. The number of fused-ring (bicyclic) bond motifs is 3. The standard InChI is InChI=1S/C16H8N6O2S2.2C2H6OS/c25-15-21-19-13(23-15)9-5-3-7-1-2-8-4-6-10(14-20-22-16(26)24-14)18-12(8)11(7)17-9;2*1-4(2)3/h1-6H,(H,21,25)(H,22,26);2*1-2H3. The molecule has 0 radical (unpaired) electrons. The molecule has 0 bridgehead atoms. The SMILES string of the molecule is CS(C)=O.CS(C)=O.S=c1[nH]nc(-c2ccc3ccc4ccc(-c5n[nH]c(=S)o5)nc4c3n2)o1. The van der Waals surface area contributed by atoms with E-state index in [2.05, 4.69) is 30.4 Å². The second-order valence-electron chi connectivity index (χ2n) is 6.92. The van der Waals surface area contributed by atoms with Gasteiger partial charge in [-0.05, 0) is 36.6 Å². The van der Waals surface area contributed by atoms with Gasteiger partial charge in [-0.2, -0.15) is 0 Å². The van der Waals surface area contributed by atoms with Gasteiger partial charge in [-0.15, -0.1) is 10.2 Å². The van der Waals surface area contributed by atoms with E-state index in [-0.39, 0.29) is 9.67 Å². The highest BCUT2D eigenvalue weighted by Gasteiger charge is 2.12. The van der Waals surface area contributed by atoms with Crippen LogP contribution < -0.4 is 0 Å². The third kappa shape index (κ3) is 6.79. The summed E-state index contributed by atoms with van der Waals surface area (Å²) in [7, 11) is -1.22. The Balaban J connectivity index is 0.000000355. The van der Waals surface area contributed by atoms with E-state index in [0.717, 1.165) is 10.8 Å².